The van der Waals surface area contributed by atoms with Crippen molar-refractivity contribution in [3.05, 3.63) is 88.5 Å². The summed E-state index contributed by atoms with van der Waals surface area (Å²) in [5.74, 6) is -4.45. The molecule has 3 aromatic rings. The van der Waals surface area contributed by atoms with Crippen LogP contribution in [-0.4, -0.2) is 66.2 Å². The number of carbonyl (C=O) groups is 4. The highest BCUT2D eigenvalue weighted by Gasteiger charge is 2.47. The molecule has 198 valence electrons. The summed E-state index contributed by atoms with van der Waals surface area (Å²) < 4.78 is 18.5. The van der Waals surface area contributed by atoms with Crippen molar-refractivity contribution in [3.8, 4) is 0 Å². The topological polar surface area (TPSA) is 117 Å². The number of pyridine rings is 1. The van der Waals surface area contributed by atoms with Crippen LogP contribution in [0.25, 0.3) is 0 Å². The van der Waals surface area contributed by atoms with Gasteiger partial charge in [0.2, 0.25) is 5.91 Å². The largest absolute Gasteiger partial charge is 0.465 e. The number of ether oxygens (including phenoxy) is 1. The third-order valence-corrected chi connectivity index (χ3v) is 7.11. The predicted octanol–water partition coefficient (Wildman–Crippen LogP) is 0.925. The third-order valence-electron chi connectivity index (χ3n) is 7.11. The highest BCUT2D eigenvalue weighted by atomic mass is 19.1. The summed E-state index contributed by atoms with van der Waals surface area (Å²) in [6.07, 6.45) is 0.395. The quantitative estimate of drug-likeness (QED) is 0.210. The van der Waals surface area contributed by atoms with Gasteiger partial charge in [-0.15, -0.1) is 0 Å². The summed E-state index contributed by atoms with van der Waals surface area (Å²) in [4.78, 5) is 59.0. The van der Waals surface area contributed by atoms with E-state index in [4.69, 9.17) is 4.74 Å². The van der Waals surface area contributed by atoms with Crippen LogP contribution < -0.4 is 10.4 Å². The Morgan fingerprint density at radius 3 is 2.26 bits per heavy atom. The number of hydrogen-bond acceptors (Lipinski definition) is 7. The van der Waals surface area contributed by atoms with Crippen LogP contribution in [0.5, 0.6) is 0 Å². The maximum atomic E-state index is 13.7. The summed E-state index contributed by atoms with van der Waals surface area (Å²) in [5.41, 5.74) is 3.16. The number of rotatable bonds is 7. The number of benzene rings is 2. The molecule has 3 amide bonds. The maximum Gasteiger partial charge on any atom is 0.321 e. The van der Waals surface area contributed by atoms with Gasteiger partial charge in [0.05, 0.1) is 29.1 Å². The number of nitrogens with zero attached hydrogens (tertiary/aromatic N) is 3. The number of imide groups is 1. The van der Waals surface area contributed by atoms with Gasteiger partial charge in [-0.3, -0.25) is 29.1 Å². The Morgan fingerprint density at radius 1 is 1.03 bits per heavy atom. The Balaban J connectivity index is 1.51. The molecule has 0 fully saturated rings. The van der Waals surface area contributed by atoms with Crippen LogP contribution in [0.3, 0.4) is 0 Å². The Morgan fingerprint density at radius 2 is 1.64 bits per heavy atom. The van der Waals surface area contributed by atoms with E-state index >= 15 is 0 Å². The van der Waals surface area contributed by atoms with Crippen LogP contribution >= 0.6 is 0 Å². The van der Waals surface area contributed by atoms with Crippen LogP contribution in [0.1, 0.15) is 50.6 Å². The normalized spacial score (nSPS) is 18.3. The van der Waals surface area contributed by atoms with Crippen molar-refractivity contribution in [2.24, 2.45) is 5.92 Å². The first kappa shape index (κ1) is 26.2. The molecule has 0 radical (unpaired) electrons. The first-order chi connectivity index (χ1) is 18.7. The molecule has 1 N–H and O–H groups in total. The molecule has 2 unspecified atom stereocenters. The molecule has 2 atom stereocenters. The fourth-order valence-electron chi connectivity index (χ4n) is 5.10. The van der Waals surface area contributed by atoms with Crippen molar-refractivity contribution in [1.82, 2.24) is 9.88 Å². The van der Waals surface area contributed by atoms with Gasteiger partial charge in [0.15, 0.2) is 5.92 Å². The molecule has 9 nitrogen and oxygen atoms in total. The first-order valence-electron chi connectivity index (χ1n) is 12.6. The summed E-state index contributed by atoms with van der Waals surface area (Å²) in [7, 11) is 1.76. The average Bonchev–Trinajstić information content (AvgIpc) is 3.16. The van der Waals surface area contributed by atoms with Crippen molar-refractivity contribution in [1.29, 1.82) is 0 Å². The van der Waals surface area contributed by atoms with Gasteiger partial charge < -0.3 is 14.7 Å². The number of carbonyl (C=O) groups excluding carboxylic acids is 4. The van der Waals surface area contributed by atoms with E-state index in [0.29, 0.717) is 17.6 Å². The number of hydrogen-bond donors (Lipinski definition) is 1. The second-order valence-corrected chi connectivity index (χ2v) is 9.42. The number of fused-ring (bicyclic) bond motifs is 2. The number of anilines is 1. The lowest BCUT2D eigenvalue weighted by molar-refractivity contribution is -0.157. The van der Waals surface area contributed by atoms with E-state index in [9.17, 15) is 28.7 Å². The zero-order valence-corrected chi connectivity index (χ0v) is 21.4. The SMILES string of the molecule is Bc1c(Cc2ccc(F)cc2)cnc2c1N(CCN1C(=O)c3ccccc3C1=O)C(=O)C(C(=O)OCC)C2O. The number of amides is 3. The minimum Gasteiger partial charge on any atom is -0.465 e. The molecule has 3 heterocycles. The van der Waals surface area contributed by atoms with E-state index in [1.165, 1.54) is 17.0 Å². The number of esters is 1. The van der Waals surface area contributed by atoms with Crippen LogP contribution in [-0.2, 0) is 20.7 Å². The lowest BCUT2D eigenvalue weighted by Gasteiger charge is -2.37. The van der Waals surface area contributed by atoms with Crippen molar-refractivity contribution in [3.63, 3.8) is 0 Å². The summed E-state index contributed by atoms with van der Waals surface area (Å²) in [6.45, 7) is 1.35. The van der Waals surface area contributed by atoms with Crippen molar-refractivity contribution < 1.29 is 33.4 Å². The first-order valence-corrected chi connectivity index (χ1v) is 12.6. The zero-order chi connectivity index (χ0) is 27.8. The van der Waals surface area contributed by atoms with E-state index in [-0.39, 0.29) is 42.3 Å². The molecule has 0 bridgehead atoms. The van der Waals surface area contributed by atoms with Crippen molar-refractivity contribution in [2.45, 2.75) is 19.4 Å². The zero-order valence-electron chi connectivity index (χ0n) is 21.4. The molecule has 39 heavy (non-hydrogen) atoms. The molecule has 0 saturated heterocycles. The Hall–Kier alpha value is -4.38. The smallest absolute Gasteiger partial charge is 0.321 e. The second-order valence-electron chi connectivity index (χ2n) is 9.42. The highest BCUT2D eigenvalue weighted by Crippen LogP contribution is 2.37. The van der Waals surface area contributed by atoms with Crippen LogP contribution in [0, 0.1) is 11.7 Å². The van der Waals surface area contributed by atoms with E-state index in [1.807, 2.05) is 0 Å². The van der Waals surface area contributed by atoms with E-state index in [1.54, 1.807) is 57.4 Å². The van der Waals surface area contributed by atoms with Gasteiger partial charge in [0.25, 0.3) is 11.8 Å². The molecule has 0 spiro atoms. The fourth-order valence-corrected chi connectivity index (χ4v) is 5.10. The molecule has 5 rings (SSSR count). The van der Waals surface area contributed by atoms with E-state index in [0.717, 1.165) is 16.0 Å². The molecule has 0 saturated carbocycles. The Bertz CT molecular complexity index is 1460. The molecule has 1 aromatic heterocycles. The molecule has 2 aromatic carbocycles. The molecule has 0 aliphatic carbocycles. The van der Waals surface area contributed by atoms with Gasteiger partial charge in [0.1, 0.15) is 19.8 Å². The van der Waals surface area contributed by atoms with Crippen LogP contribution in [0.15, 0.2) is 54.7 Å². The molecular weight excluding hydrogens is 504 g/mol. The van der Waals surface area contributed by atoms with Gasteiger partial charge >= 0.3 is 5.97 Å². The molecule has 11 heteroatoms. The maximum absolute atomic E-state index is 13.7. The van der Waals surface area contributed by atoms with Gasteiger partial charge in [-0.1, -0.05) is 29.7 Å². The molecule has 2 aliphatic heterocycles. The van der Waals surface area contributed by atoms with Gasteiger partial charge in [-0.25, -0.2) is 4.39 Å². The van der Waals surface area contributed by atoms with Gasteiger partial charge in [-0.05, 0) is 48.7 Å². The lowest BCUT2D eigenvalue weighted by Crippen LogP contribution is -2.52. The summed E-state index contributed by atoms with van der Waals surface area (Å²) in [5, 5.41) is 11.1. The average molecular weight is 529 g/mol. The van der Waals surface area contributed by atoms with E-state index in [2.05, 4.69) is 4.98 Å². The molecule has 2 aliphatic rings. The predicted molar refractivity (Wildman–Crippen MR) is 141 cm³/mol. The Labute approximate surface area is 224 Å². The number of halogens is 1. The Kier molecular flexibility index (Phi) is 7.01. The minimum absolute atomic E-state index is 0.0142. The third kappa shape index (κ3) is 4.59. The molecular formula is C28H25BFN3O6. The lowest BCUT2D eigenvalue weighted by atomic mass is 9.81. The standard InChI is InChI=1S/C28H25BFN3O6/c1-2-39-28(38)20-24(34)22-23(21(29)16(14-31-22)13-15-7-9-17(30)10-8-15)32(27(20)37)11-12-33-25(35)18-5-3-4-6-19(18)26(33)36/h3-10,14,20,24,34H,2,11-13,29H2,1H3. The monoisotopic (exact) mass is 529 g/mol. The summed E-state index contributed by atoms with van der Waals surface area (Å²) >= 11 is 0. The number of aliphatic hydroxyl groups excluding tert-OH is 1. The van der Waals surface area contributed by atoms with Crippen molar-refractivity contribution in [2.75, 3.05) is 24.6 Å². The van der Waals surface area contributed by atoms with Gasteiger partial charge in [0, 0.05) is 19.3 Å². The van der Waals surface area contributed by atoms with Gasteiger partial charge in [-0.2, -0.15) is 0 Å². The van der Waals surface area contributed by atoms with E-state index < -0.39 is 35.7 Å². The minimum atomic E-state index is -1.55. The van der Waals surface area contributed by atoms with Crippen LogP contribution in [0.2, 0.25) is 0 Å². The second kappa shape index (κ2) is 10.4. The number of aromatic nitrogens is 1. The summed E-state index contributed by atoms with van der Waals surface area (Å²) in [6, 6.07) is 12.5. The van der Waals surface area contributed by atoms with Crippen molar-refractivity contribution >= 4 is 42.7 Å². The van der Waals surface area contributed by atoms with Crippen LogP contribution in [0.4, 0.5) is 10.1 Å². The number of aliphatic hydroxyl groups is 1. The highest BCUT2D eigenvalue weighted by molar-refractivity contribution is 6.38. The fraction of sp³-hybridized carbons (Fsp3) is 0.250.